The molecule has 96 valence electrons. The van der Waals surface area contributed by atoms with Crippen LogP contribution >= 0.6 is 11.3 Å². The van der Waals surface area contributed by atoms with Crippen LogP contribution in [0.2, 0.25) is 0 Å². The van der Waals surface area contributed by atoms with Crippen molar-refractivity contribution >= 4 is 11.3 Å². The van der Waals surface area contributed by atoms with Gasteiger partial charge in [0, 0.05) is 24.0 Å². The van der Waals surface area contributed by atoms with Gasteiger partial charge in [-0.25, -0.2) is 0 Å². The van der Waals surface area contributed by atoms with Gasteiger partial charge in [-0.15, -0.1) is 11.3 Å². The van der Waals surface area contributed by atoms with E-state index in [4.69, 9.17) is 0 Å². The lowest BCUT2D eigenvalue weighted by Gasteiger charge is -2.23. The summed E-state index contributed by atoms with van der Waals surface area (Å²) in [7, 11) is 0. The SMILES string of the molecule is CCCC1CN(CCc2cccs2)CCCN1. The van der Waals surface area contributed by atoms with Crippen molar-refractivity contribution in [2.75, 3.05) is 26.2 Å². The second kappa shape index (κ2) is 7.14. The van der Waals surface area contributed by atoms with Gasteiger partial charge in [0.1, 0.15) is 0 Å². The molecular formula is C14H24N2S. The van der Waals surface area contributed by atoms with Crippen LogP contribution in [-0.2, 0) is 6.42 Å². The van der Waals surface area contributed by atoms with E-state index in [1.54, 1.807) is 0 Å². The number of hydrogen-bond acceptors (Lipinski definition) is 3. The highest BCUT2D eigenvalue weighted by Crippen LogP contribution is 2.11. The first-order chi connectivity index (χ1) is 8.38. The summed E-state index contributed by atoms with van der Waals surface area (Å²) in [6.07, 6.45) is 5.12. The van der Waals surface area contributed by atoms with Crippen LogP contribution in [0.1, 0.15) is 31.1 Å². The van der Waals surface area contributed by atoms with Gasteiger partial charge < -0.3 is 10.2 Å². The van der Waals surface area contributed by atoms with E-state index < -0.39 is 0 Å². The van der Waals surface area contributed by atoms with Crippen molar-refractivity contribution in [3.63, 3.8) is 0 Å². The van der Waals surface area contributed by atoms with Crippen molar-refractivity contribution in [2.45, 2.75) is 38.6 Å². The van der Waals surface area contributed by atoms with Crippen LogP contribution in [0.3, 0.4) is 0 Å². The number of nitrogens with zero attached hydrogens (tertiary/aromatic N) is 1. The van der Waals surface area contributed by atoms with Gasteiger partial charge in [0.2, 0.25) is 0 Å². The van der Waals surface area contributed by atoms with Crippen LogP contribution in [0, 0.1) is 0 Å². The molecule has 1 unspecified atom stereocenters. The maximum Gasteiger partial charge on any atom is 0.0194 e. The molecule has 0 bridgehead atoms. The van der Waals surface area contributed by atoms with Crippen molar-refractivity contribution < 1.29 is 0 Å². The predicted molar refractivity (Wildman–Crippen MR) is 75.8 cm³/mol. The molecule has 1 aliphatic rings. The summed E-state index contributed by atoms with van der Waals surface area (Å²) in [5, 5.41) is 5.85. The van der Waals surface area contributed by atoms with Gasteiger partial charge >= 0.3 is 0 Å². The molecule has 17 heavy (non-hydrogen) atoms. The number of nitrogens with one attached hydrogen (secondary N) is 1. The number of thiophene rings is 1. The lowest BCUT2D eigenvalue weighted by Crippen LogP contribution is -2.38. The Balaban J connectivity index is 1.78. The van der Waals surface area contributed by atoms with Gasteiger partial charge in [-0.05, 0) is 43.8 Å². The Morgan fingerprint density at radius 2 is 2.47 bits per heavy atom. The first-order valence-corrected chi connectivity index (χ1v) is 7.74. The molecule has 0 saturated carbocycles. The fourth-order valence-corrected chi connectivity index (χ4v) is 3.24. The monoisotopic (exact) mass is 252 g/mol. The standard InChI is InChI=1S/C14H24N2S/c1-2-5-13-12-16(9-4-8-15-13)10-7-14-6-3-11-17-14/h3,6,11,13,15H,2,4-5,7-10,12H2,1H3. The van der Waals surface area contributed by atoms with E-state index in [2.05, 4.69) is 34.7 Å². The summed E-state index contributed by atoms with van der Waals surface area (Å²) in [4.78, 5) is 4.16. The zero-order chi connectivity index (χ0) is 11.9. The average Bonchev–Trinajstić information content (AvgIpc) is 2.75. The van der Waals surface area contributed by atoms with Crippen LogP contribution < -0.4 is 5.32 Å². The first-order valence-electron chi connectivity index (χ1n) is 6.86. The number of rotatable bonds is 5. The maximum absolute atomic E-state index is 3.67. The molecule has 1 fully saturated rings. The van der Waals surface area contributed by atoms with Crippen molar-refractivity contribution in [3.05, 3.63) is 22.4 Å². The minimum Gasteiger partial charge on any atom is -0.313 e. The lowest BCUT2D eigenvalue weighted by molar-refractivity contribution is 0.266. The van der Waals surface area contributed by atoms with Crippen LogP contribution in [0.15, 0.2) is 17.5 Å². The summed E-state index contributed by atoms with van der Waals surface area (Å²) >= 11 is 1.89. The molecule has 1 atom stereocenters. The second-order valence-corrected chi connectivity index (χ2v) is 5.96. The van der Waals surface area contributed by atoms with E-state index in [1.807, 2.05) is 11.3 Å². The molecule has 1 N–H and O–H groups in total. The second-order valence-electron chi connectivity index (χ2n) is 4.92. The molecule has 1 saturated heterocycles. The molecule has 3 heteroatoms. The zero-order valence-corrected chi connectivity index (χ0v) is 11.6. The van der Waals surface area contributed by atoms with Crippen molar-refractivity contribution in [1.82, 2.24) is 10.2 Å². The van der Waals surface area contributed by atoms with Crippen LogP contribution in [-0.4, -0.2) is 37.1 Å². The van der Waals surface area contributed by atoms with Gasteiger partial charge in [0.25, 0.3) is 0 Å². The topological polar surface area (TPSA) is 15.3 Å². The van der Waals surface area contributed by atoms with E-state index >= 15 is 0 Å². The molecule has 2 nitrogen and oxygen atoms in total. The molecule has 0 radical (unpaired) electrons. The van der Waals surface area contributed by atoms with Crippen molar-refractivity contribution in [2.24, 2.45) is 0 Å². The van der Waals surface area contributed by atoms with Gasteiger partial charge in [-0.3, -0.25) is 0 Å². The minimum atomic E-state index is 0.714. The van der Waals surface area contributed by atoms with E-state index in [-0.39, 0.29) is 0 Å². The molecule has 1 aliphatic heterocycles. The molecule has 0 amide bonds. The molecule has 1 aromatic rings. The largest absolute Gasteiger partial charge is 0.313 e. The molecule has 0 spiro atoms. The third kappa shape index (κ3) is 4.41. The summed E-state index contributed by atoms with van der Waals surface area (Å²) < 4.78 is 0. The number of hydrogen-bond donors (Lipinski definition) is 1. The Morgan fingerprint density at radius 3 is 3.24 bits per heavy atom. The zero-order valence-electron chi connectivity index (χ0n) is 10.8. The summed E-state index contributed by atoms with van der Waals surface area (Å²) in [6.45, 7) is 7.20. The minimum absolute atomic E-state index is 0.714. The Morgan fingerprint density at radius 1 is 1.53 bits per heavy atom. The average molecular weight is 252 g/mol. The van der Waals surface area contributed by atoms with Crippen LogP contribution in [0.4, 0.5) is 0 Å². The van der Waals surface area contributed by atoms with E-state index in [0.717, 1.165) is 0 Å². The highest BCUT2D eigenvalue weighted by molar-refractivity contribution is 7.09. The smallest absolute Gasteiger partial charge is 0.0194 e. The van der Waals surface area contributed by atoms with Crippen molar-refractivity contribution in [3.8, 4) is 0 Å². The highest BCUT2D eigenvalue weighted by Gasteiger charge is 2.16. The van der Waals surface area contributed by atoms with E-state index in [1.165, 1.54) is 56.7 Å². The Labute approximate surface area is 109 Å². The molecule has 0 aliphatic carbocycles. The fraction of sp³-hybridized carbons (Fsp3) is 0.714. The molecule has 2 heterocycles. The lowest BCUT2D eigenvalue weighted by atomic mass is 10.1. The quantitative estimate of drug-likeness (QED) is 0.867. The molecule has 1 aromatic heterocycles. The Bertz CT molecular complexity index is 297. The maximum atomic E-state index is 3.67. The first kappa shape index (κ1) is 13.1. The van der Waals surface area contributed by atoms with Crippen LogP contribution in [0.5, 0.6) is 0 Å². The third-order valence-electron chi connectivity index (χ3n) is 3.45. The van der Waals surface area contributed by atoms with Gasteiger partial charge in [-0.2, -0.15) is 0 Å². The third-order valence-corrected chi connectivity index (χ3v) is 4.39. The summed E-state index contributed by atoms with van der Waals surface area (Å²) in [5.74, 6) is 0. The molecule has 0 aromatic carbocycles. The summed E-state index contributed by atoms with van der Waals surface area (Å²) in [6, 6.07) is 5.12. The normalized spacial score (nSPS) is 22.5. The highest BCUT2D eigenvalue weighted by atomic mass is 32.1. The van der Waals surface area contributed by atoms with Gasteiger partial charge in [0.15, 0.2) is 0 Å². The van der Waals surface area contributed by atoms with E-state index in [0.29, 0.717) is 6.04 Å². The Hall–Kier alpha value is -0.380. The molecular weight excluding hydrogens is 228 g/mol. The fourth-order valence-electron chi connectivity index (χ4n) is 2.54. The van der Waals surface area contributed by atoms with Gasteiger partial charge in [0.05, 0.1) is 0 Å². The Kier molecular flexibility index (Phi) is 5.49. The predicted octanol–water partition coefficient (Wildman–Crippen LogP) is 2.75. The van der Waals surface area contributed by atoms with E-state index in [9.17, 15) is 0 Å². The summed E-state index contributed by atoms with van der Waals surface area (Å²) in [5.41, 5.74) is 0. The van der Waals surface area contributed by atoms with Crippen LogP contribution in [0.25, 0.3) is 0 Å². The van der Waals surface area contributed by atoms with Crippen molar-refractivity contribution in [1.29, 1.82) is 0 Å². The van der Waals surface area contributed by atoms with Gasteiger partial charge in [-0.1, -0.05) is 19.4 Å². The molecule has 2 rings (SSSR count).